The second kappa shape index (κ2) is 6.46. The molecule has 22 heavy (non-hydrogen) atoms. The highest BCUT2D eigenvalue weighted by molar-refractivity contribution is 6.30. The van der Waals surface area contributed by atoms with Crippen molar-refractivity contribution in [3.05, 3.63) is 35.2 Å². The summed E-state index contributed by atoms with van der Waals surface area (Å²) in [6.45, 7) is 1.56. The van der Waals surface area contributed by atoms with Gasteiger partial charge in [-0.25, -0.2) is 0 Å². The third-order valence-corrected chi connectivity index (χ3v) is 4.09. The van der Waals surface area contributed by atoms with Crippen LogP contribution in [0.2, 0.25) is 5.02 Å². The fourth-order valence-electron chi connectivity index (χ4n) is 2.76. The summed E-state index contributed by atoms with van der Waals surface area (Å²) in [5, 5.41) is 4.60. The van der Waals surface area contributed by atoms with Gasteiger partial charge in [-0.05, 0) is 31.5 Å². The Bertz CT molecular complexity index is 673. The Balaban J connectivity index is 1.64. The van der Waals surface area contributed by atoms with Crippen molar-refractivity contribution in [3.63, 3.8) is 0 Å². The van der Waals surface area contributed by atoms with E-state index in [9.17, 15) is 4.79 Å². The molecule has 6 nitrogen and oxygen atoms in total. The minimum Gasteiger partial charge on any atom is -0.368 e. The summed E-state index contributed by atoms with van der Waals surface area (Å²) in [5.74, 6) is 0.804. The van der Waals surface area contributed by atoms with E-state index in [0.29, 0.717) is 29.7 Å². The molecule has 1 aromatic heterocycles. The number of nitrogens with two attached hydrogens (primary N) is 1. The Labute approximate surface area is 133 Å². The maximum atomic E-state index is 11.4. The molecule has 0 radical (unpaired) electrons. The van der Waals surface area contributed by atoms with Crippen LogP contribution in [0.4, 0.5) is 0 Å². The number of hydrogen-bond acceptors (Lipinski definition) is 5. The standard InChI is InChI=1S/C15H17ClN4O2/c16-11-4-1-3-10(9-11)15-18-13(22-19-15)6-8-20-7-2-5-12(20)14(17)21/h1,3-4,9,12H,2,5-8H2,(H2,17,21). The molecular weight excluding hydrogens is 304 g/mol. The third-order valence-electron chi connectivity index (χ3n) is 3.86. The molecule has 1 aromatic carbocycles. The number of halogens is 1. The molecule has 1 aliphatic rings. The van der Waals surface area contributed by atoms with Gasteiger partial charge in [-0.15, -0.1) is 0 Å². The molecule has 1 fully saturated rings. The number of likely N-dealkylation sites (tertiary alicyclic amines) is 1. The van der Waals surface area contributed by atoms with Gasteiger partial charge in [0.2, 0.25) is 17.6 Å². The van der Waals surface area contributed by atoms with Crippen molar-refractivity contribution >= 4 is 17.5 Å². The summed E-state index contributed by atoms with van der Waals surface area (Å²) >= 11 is 5.96. The van der Waals surface area contributed by atoms with E-state index in [2.05, 4.69) is 15.0 Å². The van der Waals surface area contributed by atoms with Crippen molar-refractivity contribution in [3.8, 4) is 11.4 Å². The highest BCUT2D eigenvalue weighted by Crippen LogP contribution is 2.21. The van der Waals surface area contributed by atoms with E-state index in [0.717, 1.165) is 24.9 Å². The predicted octanol–water partition coefficient (Wildman–Crippen LogP) is 1.88. The molecule has 1 atom stereocenters. The smallest absolute Gasteiger partial charge is 0.234 e. The average Bonchev–Trinajstić information content (AvgIpc) is 3.14. The van der Waals surface area contributed by atoms with Gasteiger partial charge in [0.15, 0.2) is 0 Å². The average molecular weight is 321 g/mol. The molecule has 2 aromatic rings. The van der Waals surface area contributed by atoms with Crippen LogP contribution >= 0.6 is 11.6 Å². The number of amides is 1. The monoisotopic (exact) mass is 320 g/mol. The Morgan fingerprint density at radius 1 is 1.50 bits per heavy atom. The van der Waals surface area contributed by atoms with Crippen LogP contribution in [0.3, 0.4) is 0 Å². The van der Waals surface area contributed by atoms with Crippen LogP contribution in [0.25, 0.3) is 11.4 Å². The zero-order valence-corrected chi connectivity index (χ0v) is 12.8. The van der Waals surface area contributed by atoms with Gasteiger partial charge in [-0.2, -0.15) is 4.98 Å². The van der Waals surface area contributed by atoms with E-state index < -0.39 is 0 Å². The molecule has 3 rings (SSSR count). The molecular formula is C15H17ClN4O2. The molecule has 1 unspecified atom stereocenters. The maximum absolute atomic E-state index is 11.4. The number of carbonyl (C=O) groups is 1. The molecule has 7 heteroatoms. The fraction of sp³-hybridized carbons (Fsp3) is 0.400. The molecule has 0 saturated carbocycles. The minimum atomic E-state index is -0.261. The Hall–Kier alpha value is -1.92. The maximum Gasteiger partial charge on any atom is 0.234 e. The SMILES string of the molecule is NC(=O)C1CCCN1CCc1nc(-c2cccc(Cl)c2)no1. The van der Waals surface area contributed by atoms with Crippen molar-refractivity contribution in [1.82, 2.24) is 15.0 Å². The van der Waals surface area contributed by atoms with Crippen molar-refractivity contribution in [2.45, 2.75) is 25.3 Å². The number of carbonyl (C=O) groups excluding carboxylic acids is 1. The fourth-order valence-corrected chi connectivity index (χ4v) is 2.95. The van der Waals surface area contributed by atoms with Crippen LogP contribution in [0.1, 0.15) is 18.7 Å². The first-order valence-corrected chi connectivity index (χ1v) is 7.63. The topological polar surface area (TPSA) is 85.3 Å². The number of aromatic nitrogens is 2. The van der Waals surface area contributed by atoms with Gasteiger partial charge >= 0.3 is 0 Å². The van der Waals surface area contributed by atoms with Crippen molar-refractivity contribution < 1.29 is 9.32 Å². The minimum absolute atomic E-state index is 0.171. The molecule has 1 aliphatic heterocycles. The van der Waals surface area contributed by atoms with Gasteiger partial charge in [0.1, 0.15) is 0 Å². The number of benzene rings is 1. The highest BCUT2D eigenvalue weighted by Gasteiger charge is 2.28. The van der Waals surface area contributed by atoms with E-state index in [-0.39, 0.29) is 11.9 Å². The number of rotatable bonds is 5. The van der Waals surface area contributed by atoms with Gasteiger partial charge in [-0.3, -0.25) is 9.69 Å². The summed E-state index contributed by atoms with van der Waals surface area (Å²) < 4.78 is 5.27. The van der Waals surface area contributed by atoms with Crippen LogP contribution in [0.5, 0.6) is 0 Å². The van der Waals surface area contributed by atoms with Gasteiger partial charge in [0.05, 0.1) is 6.04 Å². The number of nitrogens with zero attached hydrogens (tertiary/aromatic N) is 3. The van der Waals surface area contributed by atoms with E-state index >= 15 is 0 Å². The van der Waals surface area contributed by atoms with E-state index in [1.807, 2.05) is 12.1 Å². The summed E-state index contributed by atoms with van der Waals surface area (Å²) in [6, 6.07) is 7.14. The van der Waals surface area contributed by atoms with Crippen LogP contribution in [-0.4, -0.2) is 40.1 Å². The lowest BCUT2D eigenvalue weighted by Gasteiger charge is -2.20. The molecule has 1 saturated heterocycles. The Kier molecular flexibility index (Phi) is 4.40. The number of primary amides is 1. The molecule has 116 valence electrons. The summed E-state index contributed by atoms with van der Waals surface area (Å²) in [7, 11) is 0. The quantitative estimate of drug-likeness (QED) is 0.909. The Morgan fingerprint density at radius 2 is 2.36 bits per heavy atom. The van der Waals surface area contributed by atoms with Crippen LogP contribution in [-0.2, 0) is 11.2 Å². The molecule has 2 N–H and O–H groups in total. The summed E-state index contributed by atoms with van der Waals surface area (Å²) in [5.41, 5.74) is 6.23. The lowest BCUT2D eigenvalue weighted by molar-refractivity contribution is -0.122. The first kappa shape index (κ1) is 15.0. The van der Waals surface area contributed by atoms with E-state index in [1.165, 1.54) is 0 Å². The van der Waals surface area contributed by atoms with Crippen LogP contribution in [0.15, 0.2) is 28.8 Å². The molecule has 0 bridgehead atoms. The van der Waals surface area contributed by atoms with E-state index in [1.54, 1.807) is 12.1 Å². The summed E-state index contributed by atoms with van der Waals surface area (Å²) in [6.07, 6.45) is 2.41. The zero-order chi connectivity index (χ0) is 15.5. The van der Waals surface area contributed by atoms with Gasteiger partial charge in [0, 0.05) is 23.6 Å². The van der Waals surface area contributed by atoms with Crippen LogP contribution < -0.4 is 5.73 Å². The highest BCUT2D eigenvalue weighted by atomic mass is 35.5. The largest absolute Gasteiger partial charge is 0.368 e. The normalized spacial score (nSPS) is 18.7. The third kappa shape index (κ3) is 3.28. The van der Waals surface area contributed by atoms with Gasteiger partial charge in [-0.1, -0.05) is 28.9 Å². The van der Waals surface area contributed by atoms with Crippen LogP contribution in [0, 0.1) is 0 Å². The van der Waals surface area contributed by atoms with Crippen molar-refractivity contribution in [2.75, 3.05) is 13.1 Å². The second-order valence-electron chi connectivity index (χ2n) is 5.37. The van der Waals surface area contributed by atoms with Crippen molar-refractivity contribution in [1.29, 1.82) is 0 Å². The molecule has 1 amide bonds. The predicted molar refractivity (Wildman–Crippen MR) is 82.2 cm³/mol. The summed E-state index contributed by atoms with van der Waals surface area (Å²) in [4.78, 5) is 17.8. The Morgan fingerprint density at radius 3 is 3.14 bits per heavy atom. The van der Waals surface area contributed by atoms with Crippen molar-refractivity contribution in [2.24, 2.45) is 5.73 Å². The molecule has 2 heterocycles. The molecule has 0 spiro atoms. The van der Waals surface area contributed by atoms with E-state index in [4.69, 9.17) is 21.9 Å². The lowest BCUT2D eigenvalue weighted by Crippen LogP contribution is -2.41. The van der Waals surface area contributed by atoms with Gasteiger partial charge in [0.25, 0.3) is 0 Å². The number of hydrogen-bond donors (Lipinski definition) is 1. The first-order valence-electron chi connectivity index (χ1n) is 7.25. The first-order chi connectivity index (χ1) is 10.6. The second-order valence-corrected chi connectivity index (χ2v) is 5.80. The zero-order valence-electron chi connectivity index (χ0n) is 12.0. The molecule has 0 aliphatic carbocycles. The van der Waals surface area contributed by atoms with Gasteiger partial charge < -0.3 is 10.3 Å². The lowest BCUT2D eigenvalue weighted by atomic mass is 10.2.